The zero-order chi connectivity index (χ0) is 18.2. The number of hydrogen-bond donors (Lipinski definition) is 0. The van der Waals surface area contributed by atoms with E-state index < -0.39 is 0 Å². The molecule has 25 heavy (non-hydrogen) atoms. The average molecular weight is 351 g/mol. The molecule has 148 valence electrons. The first-order chi connectivity index (χ1) is 12.3. The topological polar surface area (TPSA) is 6.48 Å². The van der Waals surface area contributed by atoms with Gasteiger partial charge in [0.1, 0.15) is 6.17 Å². The molecule has 1 unspecified atom stereocenters. The number of unbranched alkanes of at least 4 members (excludes halogenated alkanes) is 13. The summed E-state index contributed by atoms with van der Waals surface area (Å²) < 4.78 is 0. The molecule has 0 aliphatic carbocycles. The van der Waals surface area contributed by atoms with E-state index in [9.17, 15) is 0 Å². The van der Waals surface area contributed by atoms with E-state index in [1.54, 1.807) is 0 Å². The highest BCUT2D eigenvalue weighted by Crippen LogP contribution is 2.21. The van der Waals surface area contributed by atoms with Gasteiger partial charge in [0.2, 0.25) is 0 Å². The van der Waals surface area contributed by atoms with Crippen molar-refractivity contribution in [1.82, 2.24) is 9.80 Å². The van der Waals surface area contributed by atoms with Crippen LogP contribution in [0.3, 0.4) is 0 Å². The minimum Gasteiger partial charge on any atom is -0.359 e. The van der Waals surface area contributed by atoms with Gasteiger partial charge in [0.05, 0.1) is 0 Å². The van der Waals surface area contributed by atoms with Crippen LogP contribution in [0.15, 0.2) is 12.4 Å². The SMILES string of the molecule is CCCCCCCCCCCN1C=CN(C)C1CCCCCCCC. The van der Waals surface area contributed by atoms with Crippen molar-refractivity contribution in [2.75, 3.05) is 13.6 Å². The fourth-order valence-electron chi connectivity index (χ4n) is 3.93. The summed E-state index contributed by atoms with van der Waals surface area (Å²) in [6.07, 6.45) is 27.7. The summed E-state index contributed by atoms with van der Waals surface area (Å²) in [4.78, 5) is 5.01. The third-order valence-electron chi connectivity index (χ3n) is 5.68. The largest absolute Gasteiger partial charge is 0.359 e. The maximum absolute atomic E-state index is 2.59. The lowest BCUT2D eigenvalue weighted by molar-refractivity contribution is 0.159. The van der Waals surface area contributed by atoms with E-state index in [1.807, 2.05) is 0 Å². The van der Waals surface area contributed by atoms with Gasteiger partial charge in [-0.25, -0.2) is 0 Å². The summed E-state index contributed by atoms with van der Waals surface area (Å²) in [5.74, 6) is 0. The van der Waals surface area contributed by atoms with E-state index in [0.717, 1.165) is 0 Å². The van der Waals surface area contributed by atoms with Crippen molar-refractivity contribution in [2.24, 2.45) is 0 Å². The van der Waals surface area contributed by atoms with Crippen LogP contribution < -0.4 is 0 Å². The van der Waals surface area contributed by atoms with E-state index >= 15 is 0 Å². The summed E-state index contributed by atoms with van der Waals surface area (Å²) in [6, 6.07) is 0. The Morgan fingerprint density at radius 1 is 0.600 bits per heavy atom. The molecule has 0 aromatic rings. The summed E-state index contributed by atoms with van der Waals surface area (Å²) in [7, 11) is 2.24. The monoisotopic (exact) mass is 350 g/mol. The number of hydrogen-bond acceptors (Lipinski definition) is 2. The van der Waals surface area contributed by atoms with Crippen LogP contribution in [-0.2, 0) is 0 Å². The second kappa shape index (κ2) is 15.6. The van der Waals surface area contributed by atoms with Crippen LogP contribution in [0.25, 0.3) is 0 Å². The van der Waals surface area contributed by atoms with Gasteiger partial charge >= 0.3 is 0 Å². The second-order valence-corrected chi connectivity index (χ2v) is 8.07. The fourth-order valence-corrected chi connectivity index (χ4v) is 3.93. The van der Waals surface area contributed by atoms with Gasteiger partial charge in [-0.2, -0.15) is 0 Å². The standard InChI is InChI=1S/C23H46N2/c1-4-6-8-10-12-13-14-16-18-20-25-22-21-24(3)23(25)19-17-15-11-9-7-5-2/h21-23H,4-20H2,1-3H3. The van der Waals surface area contributed by atoms with Crippen LogP contribution in [-0.4, -0.2) is 29.6 Å². The maximum Gasteiger partial charge on any atom is 0.100 e. The van der Waals surface area contributed by atoms with Crippen molar-refractivity contribution in [2.45, 2.75) is 123 Å². The molecular weight excluding hydrogens is 304 g/mol. The van der Waals surface area contributed by atoms with Crippen molar-refractivity contribution < 1.29 is 0 Å². The smallest absolute Gasteiger partial charge is 0.100 e. The molecule has 0 saturated carbocycles. The number of nitrogens with zero attached hydrogens (tertiary/aromatic N) is 2. The normalized spacial score (nSPS) is 17.0. The Kier molecular flexibility index (Phi) is 14.0. The van der Waals surface area contributed by atoms with Crippen molar-refractivity contribution in [3.63, 3.8) is 0 Å². The van der Waals surface area contributed by atoms with Gasteiger partial charge in [0.25, 0.3) is 0 Å². The van der Waals surface area contributed by atoms with Crippen molar-refractivity contribution in [3.8, 4) is 0 Å². The van der Waals surface area contributed by atoms with E-state index in [0.29, 0.717) is 6.17 Å². The van der Waals surface area contributed by atoms with Gasteiger partial charge in [-0.15, -0.1) is 0 Å². The van der Waals surface area contributed by atoms with Crippen LogP contribution in [0.1, 0.15) is 117 Å². The third kappa shape index (κ3) is 10.8. The van der Waals surface area contributed by atoms with Crippen LogP contribution >= 0.6 is 0 Å². The Balaban J connectivity index is 2.02. The summed E-state index contributed by atoms with van der Waals surface area (Å²) >= 11 is 0. The van der Waals surface area contributed by atoms with Gasteiger partial charge < -0.3 is 9.80 Å². The summed E-state index contributed by atoms with van der Waals surface area (Å²) in [5, 5.41) is 0. The minimum atomic E-state index is 0.625. The maximum atomic E-state index is 2.59. The summed E-state index contributed by atoms with van der Waals surface area (Å²) in [5.41, 5.74) is 0. The first kappa shape index (κ1) is 22.4. The molecule has 1 atom stereocenters. The lowest BCUT2D eigenvalue weighted by Crippen LogP contribution is -2.37. The zero-order valence-corrected chi connectivity index (χ0v) is 17.6. The Morgan fingerprint density at radius 3 is 1.64 bits per heavy atom. The second-order valence-electron chi connectivity index (χ2n) is 8.07. The van der Waals surface area contributed by atoms with E-state index in [4.69, 9.17) is 0 Å². The Morgan fingerprint density at radius 2 is 1.08 bits per heavy atom. The zero-order valence-electron chi connectivity index (χ0n) is 17.6. The Labute approximate surface area is 159 Å². The van der Waals surface area contributed by atoms with Crippen molar-refractivity contribution in [1.29, 1.82) is 0 Å². The lowest BCUT2D eigenvalue weighted by Gasteiger charge is -2.30. The molecule has 0 amide bonds. The lowest BCUT2D eigenvalue weighted by atomic mass is 10.1. The fraction of sp³-hybridized carbons (Fsp3) is 0.913. The molecule has 2 heteroatoms. The highest BCUT2D eigenvalue weighted by molar-refractivity contribution is 4.95. The molecule has 2 nitrogen and oxygen atoms in total. The molecule has 0 aromatic heterocycles. The van der Waals surface area contributed by atoms with Gasteiger partial charge in [0.15, 0.2) is 0 Å². The van der Waals surface area contributed by atoms with E-state index in [1.165, 1.54) is 109 Å². The predicted octanol–water partition coefficient (Wildman–Crippen LogP) is 7.31. The first-order valence-corrected chi connectivity index (χ1v) is 11.5. The quantitative estimate of drug-likeness (QED) is 0.254. The molecule has 0 fully saturated rings. The average Bonchev–Trinajstić information content (AvgIpc) is 2.96. The predicted molar refractivity (Wildman–Crippen MR) is 113 cm³/mol. The first-order valence-electron chi connectivity index (χ1n) is 11.5. The van der Waals surface area contributed by atoms with Crippen molar-refractivity contribution >= 4 is 0 Å². The van der Waals surface area contributed by atoms with Gasteiger partial charge in [-0.1, -0.05) is 97.3 Å². The molecule has 1 aliphatic rings. The molecular formula is C23H46N2. The van der Waals surface area contributed by atoms with Gasteiger partial charge in [-0.3, -0.25) is 0 Å². The Hall–Kier alpha value is -0.660. The molecule has 0 bridgehead atoms. The van der Waals surface area contributed by atoms with Crippen LogP contribution in [0, 0.1) is 0 Å². The van der Waals surface area contributed by atoms with Crippen LogP contribution in [0.2, 0.25) is 0 Å². The molecule has 1 rings (SSSR count). The van der Waals surface area contributed by atoms with E-state index in [2.05, 4.69) is 43.1 Å². The molecule has 1 aliphatic heterocycles. The Bertz CT molecular complexity index is 313. The molecule has 0 aromatic carbocycles. The molecule has 0 saturated heterocycles. The molecule has 0 spiro atoms. The van der Waals surface area contributed by atoms with Gasteiger partial charge in [-0.05, 0) is 19.3 Å². The van der Waals surface area contributed by atoms with E-state index in [-0.39, 0.29) is 0 Å². The molecule has 0 N–H and O–H groups in total. The molecule has 0 radical (unpaired) electrons. The minimum absolute atomic E-state index is 0.625. The molecule has 1 heterocycles. The highest BCUT2D eigenvalue weighted by Gasteiger charge is 2.22. The highest BCUT2D eigenvalue weighted by atomic mass is 15.4. The van der Waals surface area contributed by atoms with Gasteiger partial charge in [0, 0.05) is 26.0 Å². The van der Waals surface area contributed by atoms with Crippen LogP contribution in [0.4, 0.5) is 0 Å². The summed E-state index contributed by atoms with van der Waals surface area (Å²) in [6.45, 7) is 5.84. The van der Waals surface area contributed by atoms with Crippen molar-refractivity contribution in [3.05, 3.63) is 12.4 Å². The number of rotatable bonds is 17. The van der Waals surface area contributed by atoms with Crippen LogP contribution in [0.5, 0.6) is 0 Å². The third-order valence-corrected chi connectivity index (χ3v) is 5.68.